The Morgan fingerprint density at radius 1 is 1.20 bits per heavy atom. The number of urea groups is 1. The number of benzene rings is 2. The predicted molar refractivity (Wildman–Crippen MR) is 78.4 cm³/mol. The smallest absolute Gasteiger partial charge is 0.319 e. The zero-order valence-corrected chi connectivity index (χ0v) is 11.7. The van der Waals surface area contributed by atoms with Crippen LogP contribution in [0.2, 0.25) is 5.02 Å². The molecule has 0 spiro atoms. The van der Waals surface area contributed by atoms with E-state index in [1.807, 2.05) is 6.92 Å². The fourth-order valence-corrected chi connectivity index (χ4v) is 1.90. The summed E-state index contributed by atoms with van der Waals surface area (Å²) >= 11 is 5.97. The monoisotopic (exact) mass is 292 g/mol. The molecule has 0 atom stereocenters. The number of hydrogen-bond donors (Lipinski definition) is 2. The Hall–Kier alpha value is -2.07. The van der Waals surface area contributed by atoms with E-state index < -0.39 is 6.03 Å². The van der Waals surface area contributed by atoms with Crippen LogP contribution in [0.4, 0.5) is 14.9 Å². The summed E-state index contributed by atoms with van der Waals surface area (Å²) in [5, 5.41) is 5.87. The molecule has 0 radical (unpaired) electrons. The zero-order chi connectivity index (χ0) is 14.5. The average Bonchev–Trinajstić information content (AvgIpc) is 2.43. The second-order valence-electron chi connectivity index (χ2n) is 4.31. The summed E-state index contributed by atoms with van der Waals surface area (Å²) in [6.07, 6.45) is 0. The summed E-state index contributed by atoms with van der Waals surface area (Å²) in [6, 6.07) is 11.2. The minimum Gasteiger partial charge on any atom is -0.334 e. The molecule has 2 amide bonds. The van der Waals surface area contributed by atoms with E-state index in [9.17, 15) is 9.18 Å². The number of carbonyl (C=O) groups is 1. The molecule has 3 nitrogen and oxygen atoms in total. The first kappa shape index (κ1) is 14.3. The van der Waals surface area contributed by atoms with E-state index in [1.165, 1.54) is 6.07 Å². The zero-order valence-electron chi connectivity index (χ0n) is 10.9. The number of anilines is 1. The van der Waals surface area contributed by atoms with Gasteiger partial charge in [0, 0.05) is 22.8 Å². The third-order valence-electron chi connectivity index (χ3n) is 2.91. The Bertz CT molecular complexity index is 631. The Morgan fingerprint density at radius 2 is 1.95 bits per heavy atom. The fraction of sp³-hybridized carbons (Fsp3) is 0.133. The van der Waals surface area contributed by atoms with Gasteiger partial charge in [0.25, 0.3) is 0 Å². The average molecular weight is 293 g/mol. The van der Waals surface area contributed by atoms with E-state index in [4.69, 9.17) is 11.6 Å². The van der Waals surface area contributed by atoms with E-state index in [1.54, 1.807) is 36.4 Å². The summed E-state index contributed by atoms with van der Waals surface area (Å²) in [6.45, 7) is 1.94. The van der Waals surface area contributed by atoms with Crippen molar-refractivity contribution in [1.82, 2.24) is 5.32 Å². The lowest BCUT2D eigenvalue weighted by molar-refractivity contribution is 0.251. The molecule has 0 aromatic heterocycles. The van der Waals surface area contributed by atoms with Crippen LogP contribution in [-0.2, 0) is 6.54 Å². The number of rotatable bonds is 3. The third kappa shape index (κ3) is 3.48. The summed E-state index contributed by atoms with van der Waals surface area (Å²) in [4.78, 5) is 11.8. The van der Waals surface area contributed by atoms with Gasteiger partial charge in [0.1, 0.15) is 5.82 Å². The van der Waals surface area contributed by atoms with Crippen molar-refractivity contribution in [3.05, 3.63) is 64.4 Å². The molecule has 0 aliphatic rings. The third-order valence-corrected chi connectivity index (χ3v) is 3.32. The standard InChI is InChI=1S/C15H14ClFN2O/c1-10-12(16)6-4-8-14(10)19-15(20)18-9-11-5-2-3-7-13(11)17/h2-8H,9H2,1H3,(H2,18,19,20). The lowest BCUT2D eigenvalue weighted by atomic mass is 10.2. The van der Waals surface area contributed by atoms with Crippen molar-refractivity contribution in [1.29, 1.82) is 0 Å². The first-order valence-corrected chi connectivity index (χ1v) is 6.49. The number of amides is 2. The second-order valence-corrected chi connectivity index (χ2v) is 4.72. The molecule has 2 N–H and O–H groups in total. The lowest BCUT2D eigenvalue weighted by Gasteiger charge is -2.11. The van der Waals surface area contributed by atoms with Crippen LogP contribution in [0.25, 0.3) is 0 Å². The predicted octanol–water partition coefficient (Wildman–Crippen LogP) is 4.11. The van der Waals surface area contributed by atoms with Gasteiger partial charge in [-0.05, 0) is 30.7 Å². The van der Waals surface area contributed by atoms with Gasteiger partial charge >= 0.3 is 6.03 Å². The Kier molecular flexibility index (Phi) is 4.58. The first-order valence-electron chi connectivity index (χ1n) is 6.11. The van der Waals surface area contributed by atoms with Crippen molar-refractivity contribution in [2.24, 2.45) is 0 Å². The Morgan fingerprint density at radius 3 is 2.70 bits per heavy atom. The van der Waals surface area contributed by atoms with Gasteiger partial charge in [-0.1, -0.05) is 35.9 Å². The van der Waals surface area contributed by atoms with Crippen LogP contribution in [0.3, 0.4) is 0 Å². The molecule has 5 heteroatoms. The SMILES string of the molecule is Cc1c(Cl)cccc1NC(=O)NCc1ccccc1F. The molecule has 0 bridgehead atoms. The second kappa shape index (κ2) is 6.39. The summed E-state index contributed by atoms with van der Waals surface area (Å²) in [5.41, 5.74) is 1.85. The van der Waals surface area contributed by atoms with Crippen molar-refractivity contribution in [2.45, 2.75) is 13.5 Å². The van der Waals surface area contributed by atoms with E-state index in [-0.39, 0.29) is 12.4 Å². The van der Waals surface area contributed by atoms with Crippen LogP contribution >= 0.6 is 11.6 Å². The van der Waals surface area contributed by atoms with Crippen molar-refractivity contribution >= 4 is 23.3 Å². The first-order chi connectivity index (χ1) is 9.58. The summed E-state index contributed by atoms with van der Waals surface area (Å²) in [7, 11) is 0. The highest BCUT2D eigenvalue weighted by Crippen LogP contribution is 2.22. The van der Waals surface area contributed by atoms with Crippen molar-refractivity contribution in [3.63, 3.8) is 0 Å². The van der Waals surface area contributed by atoms with E-state index >= 15 is 0 Å². The maximum atomic E-state index is 13.4. The van der Waals surface area contributed by atoms with Gasteiger partial charge in [-0.15, -0.1) is 0 Å². The molecule has 104 valence electrons. The van der Waals surface area contributed by atoms with Crippen LogP contribution in [0, 0.1) is 12.7 Å². The minimum atomic E-state index is -0.404. The molecule has 0 aliphatic carbocycles. The number of hydrogen-bond acceptors (Lipinski definition) is 1. The van der Waals surface area contributed by atoms with E-state index in [0.29, 0.717) is 16.3 Å². The normalized spacial score (nSPS) is 10.2. The van der Waals surface area contributed by atoms with Crippen LogP contribution in [0.15, 0.2) is 42.5 Å². The quantitative estimate of drug-likeness (QED) is 0.878. The molecule has 20 heavy (non-hydrogen) atoms. The molecule has 0 saturated carbocycles. The lowest BCUT2D eigenvalue weighted by Crippen LogP contribution is -2.28. The molecule has 2 aromatic carbocycles. The van der Waals surface area contributed by atoms with Crippen LogP contribution < -0.4 is 10.6 Å². The molecule has 0 unspecified atom stereocenters. The van der Waals surface area contributed by atoms with E-state index in [0.717, 1.165) is 5.56 Å². The number of carbonyl (C=O) groups excluding carboxylic acids is 1. The van der Waals surface area contributed by atoms with Gasteiger partial charge in [0.05, 0.1) is 0 Å². The Balaban J connectivity index is 1.96. The molecular weight excluding hydrogens is 279 g/mol. The molecular formula is C15H14ClFN2O. The van der Waals surface area contributed by atoms with Crippen molar-refractivity contribution < 1.29 is 9.18 Å². The highest BCUT2D eigenvalue weighted by atomic mass is 35.5. The van der Waals surface area contributed by atoms with Crippen LogP contribution in [0.1, 0.15) is 11.1 Å². The van der Waals surface area contributed by atoms with Gasteiger partial charge < -0.3 is 10.6 Å². The molecule has 0 saturated heterocycles. The van der Waals surface area contributed by atoms with Gasteiger partial charge in [0.2, 0.25) is 0 Å². The van der Waals surface area contributed by atoms with Crippen molar-refractivity contribution in [2.75, 3.05) is 5.32 Å². The van der Waals surface area contributed by atoms with Crippen LogP contribution in [-0.4, -0.2) is 6.03 Å². The highest BCUT2D eigenvalue weighted by Gasteiger charge is 2.07. The highest BCUT2D eigenvalue weighted by molar-refractivity contribution is 6.31. The van der Waals surface area contributed by atoms with Gasteiger partial charge in [-0.3, -0.25) is 0 Å². The van der Waals surface area contributed by atoms with Crippen molar-refractivity contribution in [3.8, 4) is 0 Å². The molecule has 2 aromatic rings. The largest absolute Gasteiger partial charge is 0.334 e. The maximum Gasteiger partial charge on any atom is 0.319 e. The Labute approximate surface area is 121 Å². The molecule has 0 aliphatic heterocycles. The van der Waals surface area contributed by atoms with Gasteiger partial charge in [-0.25, -0.2) is 9.18 Å². The van der Waals surface area contributed by atoms with Crippen LogP contribution in [0.5, 0.6) is 0 Å². The summed E-state index contributed by atoms with van der Waals surface area (Å²) < 4.78 is 13.4. The molecule has 0 heterocycles. The topological polar surface area (TPSA) is 41.1 Å². The maximum absolute atomic E-state index is 13.4. The number of halogens is 2. The van der Waals surface area contributed by atoms with Gasteiger partial charge in [-0.2, -0.15) is 0 Å². The number of nitrogens with one attached hydrogen (secondary N) is 2. The molecule has 2 rings (SSSR count). The minimum absolute atomic E-state index is 0.123. The fourth-order valence-electron chi connectivity index (χ4n) is 1.73. The molecule has 0 fully saturated rings. The van der Waals surface area contributed by atoms with E-state index in [2.05, 4.69) is 10.6 Å². The summed E-state index contributed by atoms with van der Waals surface area (Å²) in [5.74, 6) is -0.341. The van der Waals surface area contributed by atoms with Gasteiger partial charge in [0.15, 0.2) is 0 Å².